The van der Waals surface area contributed by atoms with E-state index in [1.165, 1.54) is 25.9 Å². The minimum atomic E-state index is 0.549. The molecule has 1 aromatic heterocycles. The molecule has 16 heavy (non-hydrogen) atoms. The van der Waals surface area contributed by atoms with E-state index < -0.39 is 0 Å². The number of hydrogen-bond donors (Lipinski definition) is 0. The quantitative estimate of drug-likeness (QED) is 0.743. The van der Waals surface area contributed by atoms with Crippen LogP contribution < -0.4 is 0 Å². The maximum atomic E-state index is 5.93. The molecule has 0 aliphatic carbocycles. The molecule has 1 fully saturated rings. The third-order valence-corrected chi connectivity index (χ3v) is 3.18. The summed E-state index contributed by atoms with van der Waals surface area (Å²) in [6.07, 6.45) is 2.64. The lowest BCUT2D eigenvalue weighted by Gasteiger charge is -2.30. The Morgan fingerprint density at radius 3 is 3.00 bits per heavy atom. The van der Waals surface area contributed by atoms with Crippen LogP contribution in [0.5, 0.6) is 0 Å². The molecule has 2 rings (SSSR count). The summed E-state index contributed by atoms with van der Waals surface area (Å²) in [5.74, 6) is 1.56. The number of rotatable bonds is 2. The summed E-state index contributed by atoms with van der Waals surface area (Å²) in [5.41, 5.74) is 1.03. The van der Waals surface area contributed by atoms with E-state index in [1.54, 1.807) is 0 Å². The van der Waals surface area contributed by atoms with Crippen molar-refractivity contribution >= 4 is 11.6 Å². The van der Waals surface area contributed by atoms with Crippen LogP contribution >= 0.6 is 11.6 Å². The van der Waals surface area contributed by atoms with Crippen molar-refractivity contribution in [3.63, 3.8) is 0 Å². The van der Waals surface area contributed by atoms with Crippen molar-refractivity contribution in [1.29, 1.82) is 0 Å². The fraction of sp³-hybridized carbons (Fsp3) is 0.667. The summed E-state index contributed by atoms with van der Waals surface area (Å²) in [6, 6.07) is 1.87. The first-order valence-corrected chi connectivity index (χ1v) is 6.23. The first kappa shape index (κ1) is 11.8. The molecule has 0 aromatic carbocycles. The molecular weight excluding hydrogens is 222 g/mol. The first-order valence-electron chi connectivity index (χ1n) is 5.86. The number of aryl methyl sites for hydroxylation is 1. The van der Waals surface area contributed by atoms with E-state index in [-0.39, 0.29) is 0 Å². The Morgan fingerprint density at radius 2 is 2.31 bits per heavy atom. The highest BCUT2D eigenvalue weighted by Crippen LogP contribution is 2.18. The second kappa shape index (κ2) is 5.11. The molecule has 1 atom stereocenters. The van der Waals surface area contributed by atoms with Crippen LogP contribution in [-0.2, 0) is 6.54 Å². The van der Waals surface area contributed by atoms with Gasteiger partial charge in [-0.2, -0.15) is 0 Å². The summed E-state index contributed by atoms with van der Waals surface area (Å²) in [7, 11) is 0. The number of piperidine rings is 1. The van der Waals surface area contributed by atoms with Crippen LogP contribution in [0.3, 0.4) is 0 Å². The Balaban J connectivity index is 2.02. The van der Waals surface area contributed by atoms with Gasteiger partial charge in [0, 0.05) is 13.1 Å². The highest BCUT2D eigenvalue weighted by Gasteiger charge is 2.16. The van der Waals surface area contributed by atoms with Crippen molar-refractivity contribution in [2.45, 2.75) is 33.2 Å². The van der Waals surface area contributed by atoms with E-state index >= 15 is 0 Å². The average molecular weight is 240 g/mol. The van der Waals surface area contributed by atoms with Crippen LogP contribution in [0, 0.1) is 12.8 Å². The van der Waals surface area contributed by atoms with Gasteiger partial charge in [-0.3, -0.25) is 4.90 Å². The fourth-order valence-electron chi connectivity index (χ4n) is 2.33. The average Bonchev–Trinajstić information content (AvgIpc) is 2.15. The minimum Gasteiger partial charge on any atom is -0.297 e. The van der Waals surface area contributed by atoms with Gasteiger partial charge in [-0.05, 0) is 38.3 Å². The second-order valence-corrected chi connectivity index (χ2v) is 5.10. The Bertz CT molecular complexity index is 347. The van der Waals surface area contributed by atoms with Crippen LogP contribution in [0.15, 0.2) is 6.07 Å². The van der Waals surface area contributed by atoms with Crippen molar-refractivity contribution in [3.8, 4) is 0 Å². The Kier molecular flexibility index (Phi) is 3.77. The number of likely N-dealkylation sites (tertiary alicyclic amines) is 1. The van der Waals surface area contributed by atoms with Crippen LogP contribution in [0.1, 0.15) is 31.3 Å². The fourth-order valence-corrected chi connectivity index (χ4v) is 2.58. The predicted octanol–water partition coefficient (Wildman–Crippen LogP) is 2.67. The van der Waals surface area contributed by atoms with Gasteiger partial charge in [0.1, 0.15) is 11.0 Å². The summed E-state index contributed by atoms with van der Waals surface area (Å²) in [6.45, 7) is 7.43. The van der Waals surface area contributed by atoms with E-state index in [0.717, 1.165) is 24.0 Å². The number of hydrogen-bond acceptors (Lipinski definition) is 3. The van der Waals surface area contributed by atoms with E-state index in [0.29, 0.717) is 5.15 Å². The smallest absolute Gasteiger partial charge is 0.133 e. The minimum absolute atomic E-state index is 0.549. The summed E-state index contributed by atoms with van der Waals surface area (Å²) < 4.78 is 0. The van der Waals surface area contributed by atoms with Gasteiger partial charge in [-0.25, -0.2) is 9.97 Å². The second-order valence-electron chi connectivity index (χ2n) is 4.71. The standard InChI is InChI=1S/C12H18ClN3/c1-9-4-3-5-16(7-9)8-11-6-12(13)15-10(2)14-11/h6,9H,3-5,7-8H2,1-2H3/t9-/m0/s1. The number of nitrogens with zero attached hydrogens (tertiary/aromatic N) is 3. The molecule has 0 bridgehead atoms. The lowest BCUT2D eigenvalue weighted by atomic mass is 10.0. The zero-order chi connectivity index (χ0) is 11.5. The van der Waals surface area contributed by atoms with Crippen LogP contribution in [-0.4, -0.2) is 28.0 Å². The molecule has 1 aromatic rings. The molecule has 1 aliphatic rings. The molecule has 3 nitrogen and oxygen atoms in total. The molecule has 4 heteroatoms. The Hall–Kier alpha value is -0.670. The molecule has 0 unspecified atom stereocenters. The Labute approximate surface area is 102 Å². The molecule has 0 spiro atoms. The lowest BCUT2D eigenvalue weighted by molar-refractivity contribution is 0.174. The van der Waals surface area contributed by atoms with Crippen molar-refractivity contribution in [3.05, 3.63) is 22.7 Å². The zero-order valence-electron chi connectivity index (χ0n) is 9.91. The third kappa shape index (κ3) is 3.16. The lowest BCUT2D eigenvalue weighted by Crippen LogP contribution is -2.34. The first-order chi connectivity index (χ1) is 7.63. The van der Waals surface area contributed by atoms with Crippen molar-refractivity contribution in [2.24, 2.45) is 5.92 Å². The van der Waals surface area contributed by atoms with Gasteiger partial charge in [0.05, 0.1) is 5.69 Å². The van der Waals surface area contributed by atoms with Gasteiger partial charge in [0.25, 0.3) is 0 Å². The van der Waals surface area contributed by atoms with Gasteiger partial charge < -0.3 is 0 Å². The predicted molar refractivity (Wildman–Crippen MR) is 65.5 cm³/mol. The van der Waals surface area contributed by atoms with Crippen LogP contribution in [0.25, 0.3) is 0 Å². The zero-order valence-corrected chi connectivity index (χ0v) is 10.7. The van der Waals surface area contributed by atoms with Crippen molar-refractivity contribution < 1.29 is 0 Å². The van der Waals surface area contributed by atoms with Crippen LogP contribution in [0.4, 0.5) is 0 Å². The number of aromatic nitrogens is 2. The molecule has 0 saturated carbocycles. The molecule has 2 heterocycles. The van der Waals surface area contributed by atoms with Gasteiger partial charge in [-0.15, -0.1) is 0 Å². The largest absolute Gasteiger partial charge is 0.297 e. The maximum absolute atomic E-state index is 5.93. The maximum Gasteiger partial charge on any atom is 0.133 e. The number of halogens is 1. The summed E-state index contributed by atoms with van der Waals surface area (Å²) in [4.78, 5) is 10.9. The van der Waals surface area contributed by atoms with E-state index in [2.05, 4.69) is 21.8 Å². The molecule has 0 N–H and O–H groups in total. The van der Waals surface area contributed by atoms with E-state index in [4.69, 9.17) is 11.6 Å². The summed E-state index contributed by atoms with van der Waals surface area (Å²) in [5, 5.41) is 0.549. The summed E-state index contributed by atoms with van der Waals surface area (Å²) >= 11 is 5.93. The van der Waals surface area contributed by atoms with Crippen molar-refractivity contribution in [1.82, 2.24) is 14.9 Å². The van der Waals surface area contributed by atoms with Gasteiger partial charge in [0.2, 0.25) is 0 Å². The highest BCUT2D eigenvalue weighted by atomic mass is 35.5. The van der Waals surface area contributed by atoms with Crippen molar-refractivity contribution in [2.75, 3.05) is 13.1 Å². The van der Waals surface area contributed by atoms with E-state index in [1.807, 2.05) is 13.0 Å². The third-order valence-electron chi connectivity index (χ3n) is 2.99. The van der Waals surface area contributed by atoms with E-state index in [9.17, 15) is 0 Å². The highest BCUT2D eigenvalue weighted by molar-refractivity contribution is 6.29. The SMILES string of the molecule is Cc1nc(Cl)cc(CN2CCC[C@H](C)C2)n1. The molecule has 1 aliphatic heterocycles. The van der Waals surface area contributed by atoms with Crippen LogP contribution in [0.2, 0.25) is 5.15 Å². The molecular formula is C12H18ClN3. The van der Waals surface area contributed by atoms with Gasteiger partial charge >= 0.3 is 0 Å². The topological polar surface area (TPSA) is 29.0 Å². The monoisotopic (exact) mass is 239 g/mol. The Morgan fingerprint density at radius 1 is 1.50 bits per heavy atom. The van der Waals surface area contributed by atoms with Gasteiger partial charge in [-0.1, -0.05) is 18.5 Å². The molecule has 0 amide bonds. The molecule has 0 radical (unpaired) electrons. The normalized spacial score (nSPS) is 22.3. The molecule has 88 valence electrons. The molecule has 1 saturated heterocycles. The van der Waals surface area contributed by atoms with Gasteiger partial charge in [0.15, 0.2) is 0 Å².